The van der Waals surface area contributed by atoms with E-state index >= 15 is 0 Å². The van der Waals surface area contributed by atoms with E-state index in [-0.39, 0.29) is 28.8 Å². The molecule has 2 aromatic carbocycles. The van der Waals surface area contributed by atoms with E-state index in [4.69, 9.17) is 33.3 Å². The van der Waals surface area contributed by atoms with E-state index in [1.807, 2.05) is 25.1 Å². The maximum absolute atomic E-state index is 13.2. The molecule has 1 heterocycles. The van der Waals surface area contributed by atoms with Gasteiger partial charge in [0.2, 0.25) is 0 Å². The molecule has 1 aromatic heterocycles. The molecule has 0 aliphatic heterocycles. The van der Waals surface area contributed by atoms with Gasteiger partial charge in [-0.15, -0.1) is 11.3 Å². The van der Waals surface area contributed by atoms with Crippen molar-refractivity contribution in [3.63, 3.8) is 0 Å². The van der Waals surface area contributed by atoms with Crippen molar-refractivity contribution < 1.29 is 22.7 Å². The smallest absolute Gasteiger partial charge is 0.429 e. The third kappa shape index (κ3) is 7.16. The predicted octanol–water partition coefficient (Wildman–Crippen LogP) is 8.09. The van der Waals surface area contributed by atoms with Crippen LogP contribution in [-0.4, -0.2) is 30.7 Å². The average Bonchev–Trinajstić information content (AvgIpc) is 3.30. The predicted molar refractivity (Wildman–Crippen MR) is 136 cm³/mol. The van der Waals surface area contributed by atoms with Gasteiger partial charge < -0.3 is 10.1 Å². The van der Waals surface area contributed by atoms with Gasteiger partial charge in [0, 0.05) is 16.3 Å². The molecule has 0 radical (unpaired) electrons. The number of halogens is 5. The van der Waals surface area contributed by atoms with Crippen molar-refractivity contribution in [3.8, 4) is 11.1 Å². The van der Waals surface area contributed by atoms with Crippen LogP contribution in [0.25, 0.3) is 11.1 Å². The maximum atomic E-state index is 13.2. The molecule has 4 nitrogen and oxygen atoms in total. The van der Waals surface area contributed by atoms with Gasteiger partial charge >= 0.3 is 12.1 Å². The number of nitrogens with one attached hydrogen (secondary N) is 1. The van der Waals surface area contributed by atoms with Gasteiger partial charge in [-0.3, -0.25) is 4.79 Å². The van der Waals surface area contributed by atoms with E-state index in [1.54, 1.807) is 17.5 Å². The molecule has 0 fully saturated rings. The molecule has 0 unspecified atom stereocenters. The van der Waals surface area contributed by atoms with Crippen molar-refractivity contribution in [1.29, 1.82) is 5.41 Å². The molecule has 3 rings (SSSR count). The Labute approximate surface area is 214 Å². The van der Waals surface area contributed by atoms with Gasteiger partial charge in [0.05, 0.1) is 30.0 Å². The van der Waals surface area contributed by atoms with Crippen LogP contribution in [0.1, 0.15) is 29.3 Å². The topological polar surface area (TPSA) is 62.5 Å². The highest BCUT2D eigenvalue weighted by molar-refractivity contribution is 7.12. The zero-order valence-electron chi connectivity index (χ0n) is 18.8. The van der Waals surface area contributed by atoms with Crippen LogP contribution in [0.5, 0.6) is 0 Å². The van der Waals surface area contributed by atoms with Gasteiger partial charge in [-0.25, -0.2) is 4.99 Å². The summed E-state index contributed by atoms with van der Waals surface area (Å²) in [5.74, 6) is -0.367. The van der Waals surface area contributed by atoms with Crippen LogP contribution in [0.2, 0.25) is 10.0 Å². The Morgan fingerprint density at radius 2 is 1.80 bits per heavy atom. The molecule has 1 N–H and O–H groups in total. The van der Waals surface area contributed by atoms with Gasteiger partial charge in [0.25, 0.3) is 0 Å². The SMILES string of the molecule is CCc1cc(CC(=O)OC)cc(-c2csc(C(CC(=N)C(F)(F)F)=Nc3cc(Cl)ccc3Cl)c2)c1. The quantitative estimate of drug-likeness (QED) is 0.231. The minimum Gasteiger partial charge on any atom is -0.469 e. The summed E-state index contributed by atoms with van der Waals surface area (Å²) >= 11 is 13.4. The van der Waals surface area contributed by atoms with Crippen molar-refractivity contribution in [1.82, 2.24) is 0 Å². The molecule has 184 valence electrons. The molecular formula is C25H21Cl2F3N2O2S. The van der Waals surface area contributed by atoms with E-state index in [0.717, 1.165) is 28.7 Å². The third-order valence-electron chi connectivity index (χ3n) is 5.10. The highest BCUT2D eigenvalue weighted by Gasteiger charge is 2.35. The molecule has 0 bridgehead atoms. The molecule has 0 spiro atoms. The van der Waals surface area contributed by atoms with Crippen LogP contribution in [-0.2, 0) is 22.4 Å². The third-order valence-corrected chi connectivity index (χ3v) is 6.64. The normalized spacial score (nSPS) is 12.0. The first-order valence-corrected chi connectivity index (χ1v) is 12.1. The van der Waals surface area contributed by atoms with Crippen molar-refractivity contribution in [2.45, 2.75) is 32.4 Å². The van der Waals surface area contributed by atoms with Crippen molar-refractivity contribution in [2.75, 3.05) is 7.11 Å². The van der Waals surface area contributed by atoms with Crippen LogP contribution < -0.4 is 0 Å². The molecule has 0 aliphatic rings. The fraction of sp³-hybridized carbons (Fsp3) is 0.240. The lowest BCUT2D eigenvalue weighted by molar-refractivity contribution is -0.139. The van der Waals surface area contributed by atoms with E-state index in [9.17, 15) is 18.0 Å². The Balaban J connectivity index is 2.05. The number of carbonyl (C=O) groups excluding carboxylic acids is 1. The van der Waals surface area contributed by atoms with Crippen LogP contribution in [0.3, 0.4) is 0 Å². The Morgan fingerprint density at radius 1 is 1.09 bits per heavy atom. The lowest BCUT2D eigenvalue weighted by atomic mass is 9.98. The van der Waals surface area contributed by atoms with Gasteiger partial charge in [0.15, 0.2) is 0 Å². The summed E-state index contributed by atoms with van der Waals surface area (Å²) in [4.78, 5) is 16.6. The van der Waals surface area contributed by atoms with Gasteiger partial charge in [-0.2, -0.15) is 13.2 Å². The number of thiophene rings is 1. The Morgan fingerprint density at radius 3 is 2.46 bits per heavy atom. The van der Waals surface area contributed by atoms with Crippen LogP contribution in [0, 0.1) is 5.41 Å². The maximum Gasteiger partial charge on any atom is 0.429 e. The Hall–Kier alpha value is -2.68. The van der Waals surface area contributed by atoms with Gasteiger partial charge in [-0.05, 0) is 58.3 Å². The number of esters is 1. The zero-order chi connectivity index (χ0) is 25.8. The lowest BCUT2D eigenvalue weighted by Crippen LogP contribution is -2.24. The van der Waals surface area contributed by atoms with Crippen LogP contribution >= 0.6 is 34.5 Å². The molecule has 0 amide bonds. The molecule has 0 aliphatic carbocycles. The number of methoxy groups -OCH3 is 1. The van der Waals surface area contributed by atoms with Crippen LogP contribution in [0.4, 0.5) is 18.9 Å². The van der Waals surface area contributed by atoms with E-state index < -0.39 is 18.3 Å². The van der Waals surface area contributed by atoms with E-state index in [2.05, 4.69) is 4.99 Å². The number of nitrogens with zero attached hydrogens (tertiary/aromatic N) is 1. The van der Waals surface area contributed by atoms with Crippen molar-refractivity contribution in [2.24, 2.45) is 4.99 Å². The first-order valence-electron chi connectivity index (χ1n) is 10.5. The summed E-state index contributed by atoms with van der Waals surface area (Å²) in [5.41, 5.74) is 2.20. The van der Waals surface area contributed by atoms with Gasteiger partial charge in [0.1, 0.15) is 5.71 Å². The number of alkyl halides is 3. The number of aliphatic imine (C=N–C) groups is 1. The molecule has 0 saturated heterocycles. The highest BCUT2D eigenvalue weighted by Crippen LogP contribution is 2.33. The monoisotopic (exact) mass is 540 g/mol. The Kier molecular flexibility index (Phi) is 8.74. The molecule has 3 aromatic rings. The fourth-order valence-corrected chi connectivity index (χ4v) is 4.51. The summed E-state index contributed by atoms with van der Waals surface area (Å²) in [6, 6.07) is 12.0. The minimum atomic E-state index is -4.78. The average molecular weight is 541 g/mol. The second-order valence-corrected chi connectivity index (χ2v) is 9.41. The summed E-state index contributed by atoms with van der Waals surface area (Å²) in [6.07, 6.45) is -4.66. The second-order valence-electron chi connectivity index (χ2n) is 7.65. The first kappa shape index (κ1) is 26.9. The number of hydrogen-bond donors (Lipinski definition) is 1. The second kappa shape index (κ2) is 11.4. The van der Waals surface area contributed by atoms with Crippen molar-refractivity contribution in [3.05, 3.63) is 73.9 Å². The van der Waals surface area contributed by atoms with E-state index in [0.29, 0.717) is 9.90 Å². The molecule has 0 saturated carbocycles. The van der Waals surface area contributed by atoms with Crippen molar-refractivity contribution >= 4 is 57.6 Å². The number of carbonyl (C=O) groups is 1. The number of ether oxygens (including phenoxy) is 1. The summed E-state index contributed by atoms with van der Waals surface area (Å²) < 4.78 is 44.3. The Bertz CT molecular complexity index is 1290. The minimum absolute atomic E-state index is 0.0502. The first-order chi connectivity index (χ1) is 16.5. The fourth-order valence-electron chi connectivity index (χ4n) is 3.28. The summed E-state index contributed by atoms with van der Waals surface area (Å²) in [7, 11) is 1.32. The van der Waals surface area contributed by atoms with Gasteiger partial charge in [-0.1, -0.05) is 48.3 Å². The number of benzene rings is 2. The molecule has 10 heteroatoms. The summed E-state index contributed by atoms with van der Waals surface area (Å²) in [6.45, 7) is 1.99. The van der Waals surface area contributed by atoms with Crippen LogP contribution in [0.15, 0.2) is 52.8 Å². The largest absolute Gasteiger partial charge is 0.469 e. The molecule has 35 heavy (non-hydrogen) atoms. The van der Waals surface area contributed by atoms with E-state index in [1.165, 1.54) is 30.6 Å². The zero-order valence-corrected chi connectivity index (χ0v) is 21.1. The number of rotatable bonds is 8. The number of hydrogen-bond acceptors (Lipinski definition) is 5. The summed E-state index contributed by atoms with van der Waals surface area (Å²) in [5, 5.41) is 9.88. The molecule has 0 atom stereocenters. The highest BCUT2D eigenvalue weighted by atomic mass is 35.5. The number of aryl methyl sites for hydroxylation is 1. The lowest BCUT2D eigenvalue weighted by Gasteiger charge is -2.10. The standard InChI is InChI=1S/C25H21Cl2F3N2O2S/c1-3-14-6-15(9-24(33)34-2)8-16(7-14)17-10-22(35-13-17)21(12-23(31)25(28,29)30)32-20-11-18(26)4-5-19(20)27/h4-8,10-11,13,31H,3,9,12H2,1-2H3. The molecular weight excluding hydrogens is 520 g/mol.